The summed E-state index contributed by atoms with van der Waals surface area (Å²) >= 11 is 10.1. The topological polar surface area (TPSA) is 0 Å². The molecule has 0 saturated heterocycles. The molecule has 0 spiro atoms. The minimum Gasteiger partial charge on any atom is -0.143 e. The molecular weight excluding hydrogens is 248 g/mol. The van der Waals surface area contributed by atoms with Crippen LogP contribution in [0.15, 0.2) is 53.4 Å². The van der Waals surface area contributed by atoms with E-state index in [0.29, 0.717) is 0 Å². The molecule has 0 N–H and O–H groups in total. The Morgan fingerprint density at radius 3 is 1.53 bits per heavy atom. The normalized spacial score (nSPS) is 8.71. The third kappa shape index (κ3) is 4.84. The van der Waals surface area contributed by atoms with E-state index in [1.807, 2.05) is 62.4 Å². The van der Waals surface area contributed by atoms with Crippen LogP contribution in [0.3, 0.4) is 0 Å². The van der Waals surface area contributed by atoms with Gasteiger partial charge in [-0.25, -0.2) is 0 Å². The molecule has 0 aliphatic carbocycles. The van der Waals surface area contributed by atoms with Crippen LogP contribution in [0.4, 0.5) is 0 Å². The van der Waals surface area contributed by atoms with E-state index in [9.17, 15) is 0 Å². The van der Waals surface area contributed by atoms with Crippen molar-refractivity contribution in [3.8, 4) is 11.1 Å². The first kappa shape index (κ1) is 16.1. The average molecular weight is 267 g/mol. The molecule has 0 fully saturated rings. The lowest BCUT2D eigenvalue weighted by molar-refractivity contribution is 1.47. The summed E-state index contributed by atoms with van der Waals surface area (Å²) in [7, 11) is 0. The molecule has 17 heavy (non-hydrogen) atoms. The molecule has 0 saturated carbocycles. The Labute approximate surface area is 115 Å². The van der Waals surface area contributed by atoms with Crippen molar-refractivity contribution in [3.05, 3.63) is 53.6 Å². The molecule has 0 aromatic heterocycles. The van der Waals surface area contributed by atoms with E-state index in [-0.39, 0.29) is 7.43 Å². The molecule has 0 radical (unpaired) electrons. The molecular formula is C15H19ClS. The van der Waals surface area contributed by atoms with Crippen LogP contribution in [0.25, 0.3) is 11.1 Å². The maximum atomic E-state index is 5.81. The van der Waals surface area contributed by atoms with Crippen molar-refractivity contribution >= 4 is 24.2 Å². The lowest BCUT2D eigenvalue weighted by Crippen LogP contribution is -1.76. The van der Waals surface area contributed by atoms with Gasteiger partial charge < -0.3 is 0 Å². The highest BCUT2D eigenvalue weighted by Crippen LogP contribution is 2.22. The second kappa shape index (κ2) is 8.21. The second-order valence-electron chi connectivity index (χ2n) is 3.05. The first-order chi connectivity index (χ1) is 7.75. The summed E-state index contributed by atoms with van der Waals surface area (Å²) in [6.45, 7) is 4.00. The van der Waals surface area contributed by atoms with Gasteiger partial charge in [-0.05, 0) is 35.4 Å². The van der Waals surface area contributed by atoms with Crippen molar-refractivity contribution in [1.29, 1.82) is 0 Å². The standard InChI is InChI=1S/C12H9ClS.C2H6.CH4/c13-11-5-1-9(2-6-11)10-3-7-12(14)8-4-10;1-2;/h1-8,14H;1-2H3;1H4. The van der Waals surface area contributed by atoms with Gasteiger partial charge in [-0.15, -0.1) is 12.6 Å². The Balaban J connectivity index is 0.000000811. The van der Waals surface area contributed by atoms with Crippen molar-refractivity contribution in [2.75, 3.05) is 0 Å². The van der Waals surface area contributed by atoms with Crippen LogP contribution in [0, 0.1) is 0 Å². The van der Waals surface area contributed by atoms with Gasteiger partial charge >= 0.3 is 0 Å². The lowest BCUT2D eigenvalue weighted by Gasteiger charge is -2.01. The van der Waals surface area contributed by atoms with Crippen molar-refractivity contribution < 1.29 is 0 Å². The number of thiol groups is 1. The van der Waals surface area contributed by atoms with Gasteiger partial charge in [0.05, 0.1) is 0 Å². The van der Waals surface area contributed by atoms with Crippen molar-refractivity contribution in [3.63, 3.8) is 0 Å². The highest BCUT2D eigenvalue weighted by Gasteiger charge is 1.96. The van der Waals surface area contributed by atoms with Gasteiger partial charge in [0.2, 0.25) is 0 Å². The monoisotopic (exact) mass is 266 g/mol. The predicted octanol–water partition coefficient (Wildman–Crippen LogP) is 5.96. The number of hydrogen-bond acceptors (Lipinski definition) is 1. The van der Waals surface area contributed by atoms with Crippen molar-refractivity contribution in [2.45, 2.75) is 26.2 Å². The minimum absolute atomic E-state index is 0. The van der Waals surface area contributed by atoms with Crippen LogP contribution < -0.4 is 0 Å². The second-order valence-corrected chi connectivity index (χ2v) is 4.01. The van der Waals surface area contributed by atoms with Gasteiger partial charge in [0, 0.05) is 9.92 Å². The van der Waals surface area contributed by atoms with Crippen LogP contribution in [-0.2, 0) is 0 Å². The first-order valence-corrected chi connectivity index (χ1v) is 6.13. The summed E-state index contributed by atoms with van der Waals surface area (Å²) in [5.41, 5.74) is 2.35. The predicted molar refractivity (Wildman–Crippen MR) is 82.2 cm³/mol. The lowest BCUT2D eigenvalue weighted by atomic mass is 10.1. The van der Waals surface area contributed by atoms with Crippen LogP contribution in [0.1, 0.15) is 21.3 Å². The zero-order valence-electron chi connectivity index (χ0n) is 9.44. The van der Waals surface area contributed by atoms with Crippen LogP contribution in [0.5, 0.6) is 0 Å². The van der Waals surface area contributed by atoms with E-state index in [1.165, 1.54) is 11.1 Å². The number of benzene rings is 2. The molecule has 0 amide bonds. The van der Waals surface area contributed by atoms with Crippen molar-refractivity contribution in [1.82, 2.24) is 0 Å². The van der Waals surface area contributed by atoms with Crippen LogP contribution >= 0.6 is 24.2 Å². The number of rotatable bonds is 1. The van der Waals surface area contributed by atoms with Gasteiger partial charge in [-0.1, -0.05) is 57.1 Å². The molecule has 0 heterocycles. The van der Waals surface area contributed by atoms with E-state index in [0.717, 1.165) is 9.92 Å². The van der Waals surface area contributed by atoms with E-state index in [4.69, 9.17) is 11.6 Å². The third-order valence-electron chi connectivity index (χ3n) is 2.04. The van der Waals surface area contributed by atoms with Gasteiger partial charge in [-0.2, -0.15) is 0 Å². The minimum atomic E-state index is 0. The Hall–Kier alpha value is -0.920. The Morgan fingerprint density at radius 1 is 0.765 bits per heavy atom. The molecule has 2 heteroatoms. The van der Waals surface area contributed by atoms with Gasteiger partial charge in [0.1, 0.15) is 0 Å². The molecule has 0 aliphatic heterocycles. The summed E-state index contributed by atoms with van der Waals surface area (Å²) in [4.78, 5) is 0.975. The molecule has 0 bridgehead atoms. The summed E-state index contributed by atoms with van der Waals surface area (Å²) in [5.74, 6) is 0. The van der Waals surface area contributed by atoms with Crippen molar-refractivity contribution in [2.24, 2.45) is 0 Å². The molecule has 2 aromatic rings. The van der Waals surface area contributed by atoms with Crippen LogP contribution in [-0.4, -0.2) is 0 Å². The van der Waals surface area contributed by atoms with Gasteiger partial charge in [-0.3, -0.25) is 0 Å². The fourth-order valence-electron chi connectivity index (χ4n) is 1.30. The Kier molecular flexibility index (Phi) is 7.77. The zero-order chi connectivity index (χ0) is 12.0. The smallest absolute Gasteiger partial charge is 0.0406 e. The molecule has 2 aromatic carbocycles. The molecule has 2 rings (SSSR count). The SMILES string of the molecule is C.CC.Sc1ccc(-c2ccc(Cl)cc2)cc1. The van der Waals surface area contributed by atoms with Gasteiger partial charge in [0.25, 0.3) is 0 Å². The van der Waals surface area contributed by atoms with E-state index < -0.39 is 0 Å². The largest absolute Gasteiger partial charge is 0.143 e. The highest BCUT2D eigenvalue weighted by molar-refractivity contribution is 7.80. The summed E-state index contributed by atoms with van der Waals surface area (Å²) in [6.07, 6.45) is 0. The molecule has 0 aliphatic rings. The van der Waals surface area contributed by atoms with E-state index >= 15 is 0 Å². The summed E-state index contributed by atoms with van der Waals surface area (Å²) in [5, 5.41) is 0.763. The van der Waals surface area contributed by atoms with E-state index in [2.05, 4.69) is 12.6 Å². The maximum Gasteiger partial charge on any atom is 0.0406 e. The fraction of sp³-hybridized carbons (Fsp3) is 0.200. The van der Waals surface area contributed by atoms with Gasteiger partial charge in [0.15, 0.2) is 0 Å². The quantitative estimate of drug-likeness (QED) is 0.605. The fourth-order valence-corrected chi connectivity index (χ4v) is 1.57. The number of hydrogen-bond donors (Lipinski definition) is 1. The van der Waals surface area contributed by atoms with Crippen LogP contribution in [0.2, 0.25) is 5.02 Å². The average Bonchev–Trinajstić information content (AvgIpc) is 2.34. The molecule has 0 unspecified atom stereocenters. The third-order valence-corrected chi connectivity index (χ3v) is 2.59. The number of halogens is 1. The summed E-state index contributed by atoms with van der Waals surface area (Å²) < 4.78 is 0. The Morgan fingerprint density at radius 2 is 1.12 bits per heavy atom. The molecule has 92 valence electrons. The summed E-state index contributed by atoms with van der Waals surface area (Å²) in [6, 6.07) is 15.9. The molecule has 0 nitrogen and oxygen atoms in total. The first-order valence-electron chi connectivity index (χ1n) is 5.31. The highest BCUT2D eigenvalue weighted by atomic mass is 35.5. The molecule has 0 atom stereocenters. The maximum absolute atomic E-state index is 5.81. The van der Waals surface area contributed by atoms with E-state index in [1.54, 1.807) is 0 Å². The zero-order valence-corrected chi connectivity index (χ0v) is 11.1. The Bertz CT molecular complexity index is 374.